The lowest BCUT2D eigenvalue weighted by Crippen LogP contribution is -2.46. The standard InChI is InChI=1S/C18H29N3O3.C5H12O.C2H6/c1-17(21-12-10-20(11-13-21)14-16-23)7-4-3-5-9-19(2)18(24)8-6-15-22;1-5(2,3)6-4;1-2/h6,8,15-16H,1,3-5,7,9-14H2,2H3;1-4H3;1-2H3/b8-6-;;. The van der Waals surface area contributed by atoms with Crippen molar-refractivity contribution in [1.82, 2.24) is 14.7 Å². The van der Waals surface area contributed by atoms with Crippen LogP contribution in [0.15, 0.2) is 24.4 Å². The van der Waals surface area contributed by atoms with E-state index in [0.29, 0.717) is 19.4 Å². The first kappa shape index (κ1) is 32.2. The topological polar surface area (TPSA) is 70.2 Å². The van der Waals surface area contributed by atoms with Gasteiger partial charge in [0, 0.05) is 58.7 Å². The Morgan fingerprint density at radius 3 is 2.09 bits per heavy atom. The molecule has 0 aromatic heterocycles. The minimum absolute atomic E-state index is 0.0417. The summed E-state index contributed by atoms with van der Waals surface area (Å²) in [6.45, 7) is 19.2. The summed E-state index contributed by atoms with van der Waals surface area (Å²) < 4.78 is 4.94. The maximum Gasteiger partial charge on any atom is 0.246 e. The number of amides is 1. The van der Waals surface area contributed by atoms with Crippen molar-refractivity contribution in [3.63, 3.8) is 0 Å². The van der Waals surface area contributed by atoms with Gasteiger partial charge in [0.05, 0.1) is 12.1 Å². The maximum atomic E-state index is 11.6. The Balaban J connectivity index is 0. The highest BCUT2D eigenvalue weighted by Gasteiger charge is 2.17. The molecule has 1 amide bonds. The number of ether oxygens (including phenoxy) is 1. The summed E-state index contributed by atoms with van der Waals surface area (Å²) in [7, 11) is 3.45. The number of likely N-dealkylation sites (N-methyl/N-ethyl adjacent to an activating group) is 1. The fourth-order valence-corrected chi connectivity index (χ4v) is 2.72. The molecule has 0 saturated carbocycles. The molecule has 0 bridgehead atoms. The largest absolute Gasteiger partial charge is 0.379 e. The summed E-state index contributed by atoms with van der Waals surface area (Å²) in [6.07, 6.45) is 8.08. The van der Waals surface area contributed by atoms with E-state index in [0.717, 1.165) is 58.1 Å². The number of aldehydes is 2. The van der Waals surface area contributed by atoms with Crippen molar-refractivity contribution in [1.29, 1.82) is 0 Å². The Bertz CT molecular complexity index is 548. The zero-order valence-electron chi connectivity index (χ0n) is 21.6. The molecule has 0 atom stereocenters. The van der Waals surface area contributed by atoms with E-state index >= 15 is 0 Å². The molecule has 0 aromatic rings. The van der Waals surface area contributed by atoms with Gasteiger partial charge in [-0.1, -0.05) is 26.8 Å². The van der Waals surface area contributed by atoms with E-state index in [1.807, 2.05) is 34.6 Å². The van der Waals surface area contributed by atoms with E-state index in [2.05, 4.69) is 16.4 Å². The van der Waals surface area contributed by atoms with Gasteiger partial charge in [-0.25, -0.2) is 0 Å². The van der Waals surface area contributed by atoms with Crippen LogP contribution >= 0.6 is 0 Å². The van der Waals surface area contributed by atoms with Crippen molar-refractivity contribution in [2.75, 3.05) is 53.4 Å². The number of methoxy groups -OCH3 is 1. The van der Waals surface area contributed by atoms with Gasteiger partial charge in [-0.2, -0.15) is 0 Å². The first-order valence-electron chi connectivity index (χ1n) is 11.7. The van der Waals surface area contributed by atoms with Crippen LogP contribution in [0.5, 0.6) is 0 Å². The van der Waals surface area contributed by atoms with Crippen LogP contribution < -0.4 is 0 Å². The van der Waals surface area contributed by atoms with E-state index in [1.165, 1.54) is 17.8 Å². The summed E-state index contributed by atoms with van der Waals surface area (Å²) in [6, 6.07) is 0. The smallest absolute Gasteiger partial charge is 0.246 e. The molecule has 1 heterocycles. The molecule has 186 valence electrons. The van der Waals surface area contributed by atoms with Crippen LogP contribution in [0.3, 0.4) is 0 Å². The van der Waals surface area contributed by atoms with Crippen molar-refractivity contribution in [2.24, 2.45) is 0 Å². The normalized spacial score (nSPS) is 14.0. The van der Waals surface area contributed by atoms with Gasteiger partial charge in [-0.05, 0) is 46.1 Å². The predicted molar refractivity (Wildman–Crippen MR) is 133 cm³/mol. The van der Waals surface area contributed by atoms with Gasteiger partial charge >= 0.3 is 0 Å². The zero-order valence-corrected chi connectivity index (χ0v) is 21.6. The molecule has 0 unspecified atom stereocenters. The van der Waals surface area contributed by atoms with Crippen LogP contribution in [-0.2, 0) is 19.1 Å². The number of hydrogen-bond donors (Lipinski definition) is 0. The van der Waals surface area contributed by atoms with Crippen LogP contribution in [0.2, 0.25) is 0 Å². The number of unbranched alkanes of at least 4 members (excludes halogenated alkanes) is 2. The van der Waals surface area contributed by atoms with Crippen LogP contribution in [0.25, 0.3) is 0 Å². The predicted octanol–water partition coefficient (Wildman–Crippen LogP) is 3.55. The Morgan fingerprint density at radius 1 is 1.06 bits per heavy atom. The molecule has 32 heavy (non-hydrogen) atoms. The molecule has 0 radical (unpaired) electrons. The number of allylic oxidation sites excluding steroid dienone is 2. The number of piperazine rings is 1. The van der Waals surface area contributed by atoms with Gasteiger partial charge in [0.1, 0.15) is 12.6 Å². The number of nitrogens with zero attached hydrogens (tertiary/aromatic N) is 3. The number of carbonyl (C=O) groups excluding carboxylic acids is 3. The highest BCUT2D eigenvalue weighted by atomic mass is 16.5. The average molecular weight is 454 g/mol. The van der Waals surface area contributed by atoms with Gasteiger partial charge in [-0.15, -0.1) is 0 Å². The second kappa shape index (κ2) is 19.7. The Labute approximate surface area is 196 Å². The number of hydrogen-bond acceptors (Lipinski definition) is 6. The quantitative estimate of drug-likeness (QED) is 0.271. The summed E-state index contributed by atoms with van der Waals surface area (Å²) in [5, 5.41) is 0. The third-order valence-electron chi connectivity index (χ3n) is 4.92. The highest BCUT2D eigenvalue weighted by Crippen LogP contribution is 2.14. The molecule has 7 nitrogen and oxygen atoms in total. The molecule has 1 aliphatic rings. The highest BCUT2D eigenvalue weighted by molar-refractivity contribution is 5.90. The molecule has 0 aliphatic carbocycles. The van der Waals surface area contributed by atoms with Crippen LogP contribution in [0.1, 0.15) is 60.3 Å². The van der Waals surface area contributed by atoms with E-state index in [1.54, 1.807) is 19.1 Å². The lowest BCUT2D eigenvalue weighted by Gasteiger charge is -2.36. The fraction of sp³-hybridized carbons (Fsp3) is 0.720. The zero-order chi connectivity index (χ0) is 25.0. The lowest BCUT2D eigenvalue weighted by molar-refractivity contribution is -0.125. The van der Waals surface area contributed by atoms with Crippen LogP contribution in [0, 0.1) is 0 Å². The van der Waals surface area contributed by atoms with Crippen molar-refractivity contribution < 1.29 is 19.1 Å². The SMILES string of the molecule is C=C(CCCCCN(C)C(=O)/C=C\C=O)N1CCN(CC=O)CC1.CC.COC(C)(C)C. The van der Waals surface area contributed by atoms with Crippen LogP contribution in [-0.4, -0.2) is 92.2 Å². The molecular formula is C25H47N3O4. The van der Waals surface area contributed by atoms with E-state index in [4.69, 9.17) is 4.74 Å². The van der Waals surface area contributed by atoms with E-state index in [9.17, 15) is 14.4 Å². The third-order valence-corrected chi connectivity index (χ3v) is 4.92. The van der Waals surface area contributed by atoms with Crippen molar-refractivity contribution in [3.05, 3.63) is 24.4 Å². The average Bonchev–Trinajstić information content (AvgIpc) is 2.78. The van der Waals surface area contributed by atoms with E-state index < -0.39 is 0 Å². The van der Waals surface area contributed by atoms with Crippen molar-refractivity contribution in [3.8, 4) is 0 Å². The van der Waals surface area contributed by atoms with Crippen molar-refractivity contribution in [2.45, 2.75) is 65.9 Å². The maximum absolute atomic E-state index is 11.6. The molecule has 0 spiro atoms. The summed E-state index contributed by atoms with van der Waals surface area (Å²) >= 11 is 0. The third kappa shape index (κ3) is 17.7. The number of carbonyl (C=O) groups is 3. The molecule has 1 aliphatic heterocycles. The summed E-state index contributed by atoms with van der Waals surface area (Å²) in [5.74, 6) is -0.139. The lowest BCUT2D eigenvalue weighted by atomic mass is 10.1. The van der Waals surface area contributed by atoms with E-state index in [-0.39, 0.29) is 11.5 Å². The monoisotopic (exact) mass is 453 g/mol. The molecule has 7 heteroatoms. The minimum Gasteiger partial charge on any atom is -0.379 e. The van der Waals surface area contributed by atoms with Gasteiger partial charge < -0.3 is 19.3 Å². The molecule has 1 rings (SSSR count). The van der Waals surface area contributed by atoms with Gasteiger partial charge in [-0.3, -0.25) is 14.5 Å². The summed E-state index contributed by atoms with van der Waals surface area (Å²) in [4.78, 5) is 38.4. The molecule has 1 saturated heterocycles. The first-order valence-corrected chi connectivity index (χ1v) is 11.7. The Kier molecular flexibility index (Phi) is 19.8. The van der Waals surface area contributed by atoms with Crippen molar-refractivity contribution >= 4 is 18.5 Å². The molecular weight excluding hydrogens is 406 g/mol. The number of rotatable bonds is 11. The van der Waals surface area contributed by atoms with Crippen LogP contribution in [0.4, 0.5) is 0 Å². The Morgan fingerprint density at radius 2 is 1.62 bits per heavy atom. The minimum atomic E-state index is -0.139. The molecule has 0 aromatic carbocycles. The van der Waals surface area contributed by atoms with Gasteiger partial charge in [0.25, 0.3) is 0 Å². The fourth-order valence-electron chi connectivity index (χ4n) is 2.72. The van der Waals surface area contributed by atoms with Gasteiger partial charge in [0.15, 0.2) is 0 Å². The Hall–Kier alpha value is -1.99. The second-order valence-electron chi connectivity index (χ2n) is 8.40. The summed E-state index contributed by atoms with van der Waals surface area (Å²) in [5.41, 5.74) is 1.21. The molecule has 0 N–H and O–H groups in total. The van der Waals surface area contributed by atoms with Gasteiger partial charge in [0.2, 0.25) is 5.91 Å². The molecule has 1 fully saturated rings. The first-order chi connectivity index (χ1) is 15.1. The second-order valence-corrected chi connectivity index (χ2v) is 8.40.